The zero-order chi connectivity index (χ0) is 31.2. The molecular formula is C40H24N6O. The lowest BCUT2D eigenvalue weighted by molar-refractivity contribution is 0.653. The Morgan fingerprint density at radius 1 is 0.447 bits per heavy atom. The molecule has 0 amide bonds. The average Bonchev–Trinajstić information content (AvgIpc) is 3.53. The van der Waals surface area contributed by atoms with Gasteiger partial charge in [0.15, 0.2) is 23.1 Å². The van der Waals surface area contributed by atoms with Gasteiger partial charge >= 0.3 is 0 Å². The van der Waals surface area contributed by atoms with Crippen LogP contribution in [0.1, 0.15) is 0 Å². The molecule has 0 saturated heterocycles. The van der Waals surface area contributed by atoms with Crippen LogP contribution in [0.2, 0.25) is 0 Å². The van der Waals surface area contributed by atoms with Crippen molar-refractivity contribution in [2.75, 3.05) is 0 Å². The molecule has 0 saturated carbocycles. The van der Waals surface area contributed by atoms with Crippen molar-refractivity contribution >= 4 is 33.0 Å². The summed E-state index contributed by atoms with van der Waals surface area (Å²) >= 11 is 0. The number of fused-ring (bicyclic) bond motifs is 4. The molecule has 9 rings (SSSR count). The summed E-state index contributed by atoms with van der Waals surface area (Å²) in [5.41, 5.74) is 8.61. The Bertz CT molecular complexity index is 2510. The molecule has 0 fully saturated rings. The first-order valence-corrected chi connectivity index (χ1v) is 15.3. The quantitative estimate of drug-likeness (QED) is 0.193. The van der Waals surface area contributed by atoms with E-state index in [-0.39, 0.29) is 0 Å². The second-order valence-corrected chi connectivity index (χ2v) is 11.2. The summed E-state index contributed by atoms with van der Waals surface area (Å²) in [5, 5.41) is 3.02. The summed E-state index contributed by atoms with van der Waals surface area (Å²) in [5.74, 6) is 1.90. The van der Waals surface area contributed by atoms with Gasteiger partial charge < -0.3 is 4.42 Å². The number of rotatable bonds is 5. The molecule has 5 aromatic heterocycles. The number of aromatic nitrogens is 6. The van der Waals surface area contributed by atoms with Gasteiger partial charge in [-0.3, -0.25) is 4.98 Å². The Balaban J connectivity index is 1.08. The Kier molecular flexibility index (Phi) is 6.31. The van der Waals surface area contributed by atoms with Gasteiger partial charge in [0.2, 0.25) is 5.71 Å². The lowest BCUT2D eigenvalue weighted by Crippen LogP contribution is -2.00. The third kappa shape index (κ3) is 4.87. The molecule has 0 radical (unpaired) electrons. The van der Waals surface area contributed by atoms with Crippen molar-refractivity contribution in [3.63, 3.8) is 0 Å². The van der Waals surface area contributed by atoms with Gasteiger partial charge in [-0.05, 0) is 46.8 Å². The highest BCUT2D eigenvalue weighted by Gasteiger charge is 2.15. The van der Waals surface area contributed by atoms with Gasteiger partial charge in [-0.15, -0.1) is 0 Å². The van der Waals surface area contributed by atoms with Crippen LogP contribution in [0.15, 0.2) is 150 Å². The zero-order valence-electron chi connectivity index (χ0n) is 24.9. The van der Waals surface area contributed by atoms with E-state index in [2.05, 4.69) is 53.5 Å². The van der Waals surface area contributed by atoms with E-state index in [0.29, 0.717) is 28.8 Å². The summed E-state index contributed by atoms with van der Waals surface area (Å²) in [6.45, 7) is 0. The van der Waals surface area contributed by atoms with Crippen LogP contribution in [0.25, 0.3) is 89.7 Å². The normalized spacial score (nSPS) is 11.4. The SMILES string of the molecule is c1ccc(-c2nc(-c3ccccc3)nc(-c3ccc(-c4cccc5cc(-c6ccc7oc8ncccc8c7n6)ncc45)cc3)n2)cc1. The molecule has 0 N–H and O–H groups in total. The highest BCUT2D eigenvalue weighted by molar-refractivity contribution is 6.02. The predicted octanol–water partition coefficient (Wildman–Crippen LogP) is 9.44. The lowest BCUT2D eigenvalue weighted by Gasteiger charge is -2.10. The monoisotopic (exact) mass is 604 g/mol. The molecule has 4 aromatic carbocycles. The Labute approximate surface area is 269 Å². The third-order valence-electron chi connectivity index (χ3n) is 8.27. The molecule has 0 atom stereocenters. The molecule has 220 valence electrons. The van der Waals surface area contributed by atoms with Crippen LogP contribution < -0.4 is 0 Å². The van der Waals surface area contributed by atoms with E-state index in [1.165, 1.54) is 0 Å². The standard InChI is InChI=1S/C40H24N6O/c1-3-9-26(10-4-1)37-44-38(27-11-5-2-6-12-27)46-39(45-37)28-18-16-25(17-19-28)30-14-7-13-29-23-34(42-24-32(29)30)33-20-21-35-36(43-33)31-15-8-22-41-40(31)47-35/h1-24H. The molecule has 0 spiro atoms. The van der Waals surface area contributed by atoms with E-state index >= 15 is 0 Å². The molecule has 47 heavy (non-hydrogen) atoms. The molecule has 0 bridgehead atoms. The molecule has 9 aromatic rings. The largest absolute Gasteiger partial charge is 0.436 e. The van der Waals surface area contributed by atoms with Gasteiger partial charge in [0.05, 0.1) is 16.8 Å². The van der Waals surface area contributed by atoms with Crippen LogP contribution in [0.3, 0.4) is 0 Å². The van der Waals surface area contributed by atoms with Crippen molar-refractivity contribution in [1.82, 2.24) is 29.9 Å². The highest BCUT2D eigenvalue weighted by atomic mass is 16.3. The van der Waals surface area contributed by atoms with Crippen molar-refractivity contribution in [3.05, 3.63) is 146 Å². The summed E-state index contributed by atoms with van der Waals surface area (Å²) in [7, 11) is 0. The van der Waals surface area contributed by atoms with Crippen molar-refractivity contribution in [2.45, 2.75) is 0 Å². The minimum Gasteiger partial charge on any atom is -0.436 e. The molecule has 0 aliphatic rings. The van der Waals surface area contributed by atoms with Crippen LogP contribution in [-0.4, -0.2) is 29.9 Å². The molecule has 7 nitrogen and oxygen atoms in total. The summed E-state index contributed by atoms with van der Waals surface area (Å²) in [4.78, 5) is 28.6. The van der Waals surface area contributed by atoms with E-state index in [4.69, 9.17) is 29.3 Å². The van der Waals surface area contributed by atoms with Crippen molar-refractivity contribution < 1.29 is 4.42 Å². The van der Waals surface area contributed by atoms with Gasteiger partial charge in [-0.1, -0.05) is 103 Å². The minimum atomic E-state index is 0.582. The van der Waals surface area contributed by atoms with E-state index in [1.54, 1.807) is 6.20 Å². The third-order valence-corrected chi connectivity index (χ3v) is 8.27. The number of benzene rings is 4. The number of furan rings is 1. The Hall–Kier alpha value is -6.60. The predicted molar refractivity (Wildman–Crippen MR) is 185 cm³/mol. The van der Waals surface area contributed by atoms with Gasteiger partial charge in [0, 0.05) is 34.5 Å². The molecule has 5 heterocycles. The van der Waals surface area contributed by atoms with Crippen LogP contribution in [0, 0.1) is 0 Å². The van der Waals surface area contributed by atoms with E-state index in [1.807, 2.05) is 91.1 Å². The summed E-state index contributed by atoms with van der Waals surface area (Å²) in [6.07, 6.45) is 3.65. The minimum absolute atomic E-state index is 0.582. The zero-order valence-corrected chi connectivity index (χ0v) is 24.9. The van der Waals surface area contributed by atoms with Crippen LogP contribution >= 0.6 is 0 Å². The fourth-order valence-corrected chi connectivity index (χ4v) is 5.92. The maximum atomic E-state index is 5.86. The fourth-order valence-electron chi connectivity index (χ4n) is 5.92. The second-order valence-electron chi connectivity index (χ2n) is 11.2. The van der Waals surface area contributed by atoms with Crippen molar-refractivity contribution in [3.8, 4) is 56.7 Å². The molecule has 0 aliphatic carbocycles. The topological polar surface area (TPSA) is 90.5 Å². The molecule has 7 heteroatoms. The summed E-state index contributed by atoms with van der Waals surface area (Å²) < 4.78 is 5.86. The van der Waals surface area contributed by atoms with Crippen molar-refractivity contribution in [2.24, 2.45) is 0 Å². The Morgan fingerprint density at radius 2 is 1.11 bits per heavy atom. The van der Waals surface area contributed by atoms with E-state index < -0.39 is 0 Å². The van der Waals surface area contributed by atoms with E-state index in [9.17, 15) is 0 Å². The summed E-state index contributed by atoms with van der Waals surface area (Å²) in [6, 6.07) is 44.5. The van der Waals surface area contributed by atoms with Crippen LogP contribution in [0.4, 0.5) is 0 Å². The Morgan fingerprint density at radius 3 is 1.81 bits per heavy atom. The first-order chi connectivity index (χ1) is 23.3. The van der Waals surface area contributed by atoms with Crippen LogP contribution in [-0.2, 0) is 0 Å². The fraction of sp³-hybridized carbons (Fsp3) is 0. The van der Waals surface area contributed by atoms with Crippen molar-refractivity contribution in [1.29, 1.82) is 0 Å². The number of hydrogen-bond acceptors (Lipinski definition) is 7. The van der Waals surface area contributed by atoms with Crippen LogP contribution in [0.5, 0.6) is 0 Å². The second kappa shape index (κ2) is 11.1. The number of pyridine rings is 3. The lowest BCUT2D eigenvalue weighted by atomic mass is 9.98. The first-order valence-electron chi connectivity index (χ1n) is 15.3. The van der Waals surface area contributed by atoms with Gasteiger partial charge in [0.25, 0.3) is 0 Å². The average molecular weight is 605 g/mol. The van der Waals surface area contributed by atoms with E-state index in [0.717, 1.165) is 60.9 Å². The number of hydrogen-bond donors (Lipinski definition) is 0. The highest BCUT2D eigenvalue weighted by Crippen LogP contribution is 2.33. The molecule has 0 unspecified atom stereocenters. The maximum Gasteiger partial charge on any atom is 0.228 e. The molecular weight excluding hydrogens is 580 g/mol. The smallest absolute Gasteiger partial charge is 0.228 e. The van der Waals surface area contributed by atoms with Gasteiger partial charge in [0.1, 0.15) is 5.52 Å². The first kappa shape index (κ1) is 26.8. The molecule has 0 aliphatic heterocycles. The maximum absolute atomic E-state index is 5.86. The number of nitrogens with zero attached hydrogens (tertiary/aromatic N) is 6. The van der Waals surface area contributed by atoms with Gasteiger partial charge in [-0.2, -0.15) is 0 Å². The van der Waals surface area contributed by atoms with Gasteiger partial charge in [-0.25, -0.2) is 24.9 Å².